The van der Waals surface area contributed by atoms with E-state index in [0.29, 0.717) is 32.9 Å². The zero-order valence-electron chi connectivity index (χ0n) is 16.4. The molecule has 2 aromatic carbocycles. The van der Waals surface area contributed by atoms with Crippen LogP contribution < -0.4 is 22.2 Å². The normalized spacial score (nSPS) is 11.8. The highest BCUT2D eigenvalue weighted by molar-refractivity contribution is 6.34. The number of halogens is 1. The van der Waals surface area contributed by atoms with Crippen LogP contribution >= 0.6 is 11.6 Å². The Hall–Kier alpha value is -4.09. The molecule has 0 radical (unpaired) electrons. The molecule has 0 fully saturated rings. The highest BCUT2D eigenvalue weighted by atomic mass is 35.5. The number of nitrogens with zero attached hydrogens (tertiary/aromatic N) is 3. The number of aromatic nitrogens is 2. The van der Waals surface area contributed by atoms with Crippen LogP contribution in [0, 0.1) is 6.57 Å². The van der Waals surface area contributed by atoms with Crippen LogP contribution in [-0.2, 0) is 0 Å². The number of benzene rings is 2. The molecule has 2 heterocycles. The topological polar surface area (TPSA) is 124 Å². The number of nitrogen functional groups attached to an aromatic ring is 2. The van der Waals surface area contributed by atoms with E-state index in [2.05, 4.69) is 20.1 Å². The second kappa shape index (κ2) is 7.97. The number of hydrogen-bond donors (Lipinski definition) is 3. The minimum Gasteiger partial charge on any atom is -0.454 e. The molecular weight excluding hydrogens is 416 g/mol. The van der Waals surface area contributed by atoms with Gasteiger partial charge in [-0.15, -0.1) is 0 Å². The van der Waals surface area contributed by atoms with Gasteiger partial charge in [-0.05, 0) is 19.1 Å². The van der Waals surface area contributed by atoms with Crippen molar-refractivity contribution in [3.63, 3.8) is 0 Å². The quantitative estimate of drug-likeness (QED) is 0.396. The third-order valence-corrected chi connectivity index (χ3v) is 5.06. The number of rotatable bonds is 4. The van der Waals surface area contributed by atoms with Gasteiger partial charge in [-0.1, -0.05) is 48.0 Å². The van der Waals surface area contributed by atoms with Gasteiger partial charge in [-0.25, -0.2) is 14.8 Å². The Morgan fingerprint density at radius 3 is 2.58 bits per heavy atom. The van der Waals surface area contributed by atoms with Gasteiger partial charge in [0.15, 0.2) is 11.0 Å². The van der Waals surface area contributed by atoms with E-state index in [0.717, 1.165) is 0 Å². The lowest BCUT2D eigenvalue weighted by molar-refractivity contribution is 0.604. The number of hydrogen-bond acceptors (Lipinski definition) is 7. The first-order valence-electron chi connectivity index (χ1n) is 9.28. The van der Waals surface area contributed by atoms with Crippen LogP contribution in [0.1, 0.15) is 18.5 Å². The second-order valence-electron chi connectivity index (χ2n) is 6.80. The minimum atomic E-state index is -0.607. The average Bonchev–Trinajstić information content (AvgIpc) is 2.74. The maximum atomic E-state index is 13.5. The van der Waals surface area contributed by atoms with E-state index >= 15 is 0 Å². The predicted molar refractivity (Wildman–Crippen MR) is 122 cm³/mol. The average molecular weight is 433 g/mol. The summed E-state index contributed by atoms with van der Waals surface area (Å²) in [4.78, 5) is 24.8. The summed E-state index contributed by atoms with van der Waals surface area (Å²) in [6.07, 6.45) is 0. The first-order valence-corrected chi connectivity index (χ1v) is 9.66. The number of para-hydroxylation sites is 1. The van der Waals surface area contributed by atoms with E-state index in [-0.39, 0.29) is 28.7 Å². The molecule has 0 saturated carbocycles. The summed E-state index contributed by atoms with van der Waals surface area (Å²) >= 11 is 6.30. The van der Waals surface area contributed by atoms with Crippen LogP contribution in [0.2, 0.25) is 5.02 Å². The lowest BCUT2D eigenvalue weighted by atomic mass is 9.99. The Balaban J connectivity index is 1.94. The van der Waals surface area contributed by atoms with Gasteiger partial charge in [-0.3, -0.25) is 4.79 Å². The first-order chi connectivity index (χ1) is 14.9. The molecule has 1 unspecified atom stereocenters. The first kappa shape index (κ1) is 20.2. The molecule has 0 bridgehead atoms. The highest BCUT2D eigenvalue weighted by Crippen LogP contribution is 2.35. The van der Waals surface area contributed by atoms with E-state index < -0.39 is 6.04 Å². The van der Waals surface area contributed by atoms with Crippen LogP contribution in [0.5, 0.6) is 0 Å². The van der Waals surface area contributed by atoms with Gasteiger partial charge in [-0.2, -0.15) is 0 Å². The maximum absolute atomic E-state index is 13.5. The Morgan fingerprint density at radius 2 is 1.87 bits per heavy atom. The predicted octanol–water partition coefficient (Wildman–Crippen LogP) is 4.79. The van der Waals surface area contributed by atoms with E-state index in [1.165, 1.54) is 0 Å². The number of fused-ring (bicyclic) bond motifs is 1. The number of anilines is 3. The molecule has 0 aliphatic carbocycles. The van der Waals surface area contributed by atoms with Gasteiger partial charge in [0.05, 0.1) is 28.6 Å². The van der Waals surface area contributed by atoms with Gasteiger partial charge in [0.1, 0.15) is 17.4 Å². The molecule has 9 heteroatoms. The van der Waals surface area contributed by atoms with Crippen LogP contribution in [0.4, 0.5) is 23.3 Å². The highest BCUT2D eigenvalue weighted by Gasteiger charge is 2.24. The Labute approximate surface area is 182 Å². The molecule has 4 rings (SSSR count). The Morgan fingerprint density at radius 1 is 1.13 bits per heavy atom. The molecule has 1 atom stereocenters. The van der Waals surface area contributed by atoms with E-state index in [1.54, 1.807) is 25.1 Å². The SMILES string of the molecule is [C-]#[N+]c1c(N)nc(N)nc1NC(C)c1c(-c2ccccc2)oc2c(Cl)cccc2c1=O. The molecule has 2 aromatic heterocycles. The van der Waals surface area contributed by atoms with Gasteiger partial charge >= 0.3 is 0 Å². The molecule has 31 heavy (non-hydrogen) atoms. The molecule has 5 N–H and O–H groups in total. The van der Waals surface area contributed by atoms with Crippen molar-refractivity contribution in [3.05, 3.63) is 80.8 Å². The van der Waals surface area contributed by atoms with Gasteiger partial charge < -0.3 is 21.2 Å². The lowest BCUT2D eigenvalue weighted by Gasteiger charge is -2.19. The molecule has 8 nitrogen and oxygen atoms in total. The van der Waals surface area contributed by atoms with Crippen molar-refractivity contribution in [2.45, 2.75) is 13.0 Å². The molecule has 0 amide bonds. The van der Waals surface area contributed by atoms with E-state index in [1.807, 2.05) is 30.3 Å². The van der Waals surface area contributed by atoms with E-state index in [9.17, 15) is 4.79 Å². The summed E-state index contributed by atoms with van der Waals surface area (Å²) in [5, 5.41) is 3.76. The van der Waals surface area contributed by atoms with Crippen molar-refractivity contribution in [2.24, 2.45) is 0 Å². The third kappa shape index (κ3) is 3.63. The van der Waals surface area contributed by atoms with Crippen LogP contribution in [0.3, 0.4) is 0 Å². The summed E-state index contributed by atoms with van der Waals surface area (Å²) in [5.74, 6) is 0.376. The number of nitrogens with two attached hydrogens (primary N) is 2. The van der Waals surface area contributed by atoms with E-state index in [4.69, 9.17) is 34.1 Å². The molecule has 0 spiro atoms. The van der Waals surface area contributed by atoms with Crippen LogP contribution in [-0.4, -0.2) is 9.97 Å². The standard InChI is InChI=1S/C22H17ClN6O2/c1-11(27-21-16(26-2)20(24)28-22(25)29-21)15-17(30)13-9-6-10-14(23)19(13)31-18(15)12-7-4-3-5-8-12/h3-11H,1H3,(H5,24,25,27,28,29). The zero-order valence-corrected chi connectivity index (χ0v) is 17.1. The van der Waals surface area contributed by atoms with Gasteiger partial charge in [0, 0.05) is 5.56 Å². The Kier molecular flexibility index (Phi) is 5.19. The summed E-state index contributed by atoms with van der Waals surface area (Å²) < 4.78 is 6.14. The summed E-state index contributed by atoms with van der Waals surface area (Å²) in [5.41, 5.74) is 12.7. The molecule has 154 valence electrons. The second-order valence-corrected chi connectivity index (χ2v) is 7.21. The van der Waals surface area contributed by atoms with Crippen molar-refractivity contribution < 1.29 is 4.42 Å². The molecule has 0 aliphatic rings. The lowest BCUT2D eigenvalue weighted by Crippen LogP contribution is -2.20. The zero-order chi connectivity index (χ0) is 22.1. The molecule has 0 saturated heterocycles. The fourth-order valence-electron chi connectivity index (χ4n) is 3.37. The minimum absolute atomic E-state index is 0.0236. The van der Waals surface area contributed by atoms with Crippen LogP contribution in [0.25, 0.3) is 27.1 Å². The number of nitrogens with one attached hydrogen (secondary N) is 1. The van der Waals surface area contributed by atoms with Crippen molar-refractivity contribution in [1.82, 2.24) is 9.97 Å². The molecular formula is C22H17ClN6O2. The summed E-state index contributed by atoms with van der Waals surface area (Å²) in [6, 6.07) is 13.6. The smallest absolute Gasteiger partial charge is 0.268 e. The van der Waals surface area contributed by atoms with Gasteiger partial charge in [0.2, 0.25) is 5.95 Å². The monoisotopic (exact) mass is 432 g/mol. The molecule has 0 aliphatic heterocycles. The fraction of sp³-hybridized carbons (Fsp3) is 0.0909. The van der Waals surface area contributed by atoms with Gasteiger partial charge in [0.25, 0.3) is 5.69 Å². The third-order valence-electron chi connectivity index (χ3n) is 4.77. The van der Waals surface area contributed by atoms with Crippen molar-refractivity contribution >= 4 is 45.8 Å². The van der Waals surface area contributed by atoms with Crippen molar-refractivity contribution in [2.75, 3.05) is 16.8 Å². The maximum Gasteiger partial charge on any atom is 0.268 e. The Bertz CT molecular complexity index is 1400. The van der Waals surface area contributed by atoms with Crippen molar-refractivity contribution in [1.29, 1.82) is 0 Å². The molecule has 4 aromatic rings. The largest absolute Gasteiger partial charge is 0.454 e. The van der Waals surface area contributed by atoms with Crippen molar-refractivity contribution in [3.8, 4) is 11.3 Å². The summed E-state index contributed by atoms with van der Waals surface area (Å²) in [7, 11) is 0. The fourth-order valence-corrected chi connectivity index (χ4v) is 3.59. The van der Waals surface area contributed by atoms with Crippen LogP contribution in [0.15, 0.2) is 57.7 Å². The summed E-state index contributed by atoms with van der Waals surface area (Å²) in [6.45, 7) is 9.15.